The van der Waals surface area contributed by atoms with E-state index in [0.29, 0.717) is 39.5 Å². The van der Waals surface area contributed by atoms with Crippen molar-refractivity contribution in [3.8, 4) is 11.5 Å². The van der Waals surface area contributed by atoms with Crippen LogP contribution in [0.3, 0.4) is 0 Å². The summed E-state index contributed by atoms with van der Waals surface area (Å²) in [5, 5.41) is 4.88. The van der Waals surface area contributed by atoms with E-state index >= 15 is 0 Å². The molecule has 2 fully saturated rings. The zero-order chi connectivity index (χ0) is 23.2. The molecule has 9 nitrogen and oxygen atoms in total. The molecule has 0 saturated carbocycles. The minimum Gasteiger partial charge on any atom is -0.493 e. The van der Waals surface area contributed by atoms with Crippen LogP contribution in [0.5, 0.6) is 11.5 Å². The third-order valence-corrected chi connectivity index (χ3v) is 6.62. The molecule has 3 N–H and O–H groups in total. The number of rotatable bonds is 6. The molecule has 0 unspecified atom stereocenters. The summed E-state index contributed by atoms with van der Waals surface area (Å²) in [7, 11) is 3.16. The van der Waals surface area contributed by atoms with E-state index in [9.17, 15) is 0 Å². The molecule has 1 aromatic heterocycles. The van der Waals surface area contributed by atoms with Crippen LogP contribution in [0.4, 0.5) is 11.5 Å². The van der Waals surface area contributed by atoms with Gasteiger partial charge in [0.15, 0.2) is 23.3 Å². The lowest BCUT2D eigenvalue weighted by Crippen LogP contribution is -2.57. The number of benzene rings is 2. The lowest BCUT2D eigenvalue weighted by atomic mass is 10.0. The van der Waals surface area contributed by atoms with Crippen LogP contribution in [0, 0.1) is 0 Å². The summed E-state index contributed by atoms with van der Waals surface area (Å²) in [5.41, 5.74) is 6.77. The SMILES string of the molecule is COc1cc2c(Nc3ccc(Cl)c(Cl)c3)ncnc2cc1O[C@H]1CO[C@@H]2[C@@H](OC)CO[C@]12N. The third-order valence-electron chi connectivity index (χ3n) is 5.89. The topological polar surface area (TPSA) is 110 Å². The first-order valence-corrected chi connectivity index (χ1v) is 11.0. The molecule has 0 radical (unpaired) electrons. The van der Waals surface area contributed by atoms with E-state index in [-0.39, 0.29) is 12.7 Å². The van der Waals surface area contributed by atoms with Gasteiger partial charge in [-0.05, 0) is 24.3 Å². The van der Waals surface area contributed by atoms with Crippen LogP contribution in [-0.2, 0) is 14.2 Å². The lowest BCUT2D eigenvalue weighted by molar-refractivity contribution is -0.0633. The molecular weight excluding hydrogens is 471 g/mol. The number of fused-ring (bicyclic) bond motifs is 2. The molecule has 11 heteroatoms. The molecule has 0 bridgehead atoms. The van der Waals surface area contributed by atoms with Gasteiger partial charge in [-0.15, -0.1) is 0 Å². The molecule has 3 heterocycles. The Labute approximate surface area is 200 Å². The maximum absolute atomic E-state index is 6.51. The van der Waals surface area contributed by atoms with E-state index in [1.807, 2.05) is 6.07 Å². The number of hydrogen-bond acceptors (Lipinski definition) is 9. The second-order valence-corrected chi connectivity index (χ2v) is 8.61. The molecule has 0 aliphatic carbocycles. The highest BCUT2D eigenvalue weighted by Gasteiger charge is 2.59. The Morgan fingerprint density at radius 3 is 2.70 bits per heavy atom. The number of ether oxygens (including phenoxy) is 5. The zero-order valence-corrected chi connectivity index (χ0v) is 19.4. The molecular formula is C22H22Cl2N4O5. The zero-order valence-electron chi connectivity index (χ0n) is 17.9. The highest BCUT2D eigenvalue weighted by Crippen LogP contribution is 2.41. The van der Waals surface area contributed by atoms with Crippen molar-refractivity contribution < 1.29 is 23.7 Å². The van der Waals surface area contributed by atoms with E-state index in [1.165, 1.54) is 6.33 Å². The van der Waals surface area contributed by atoms with Gasteiger partial charge in [-0.2, -0.15) is 0 Å². The standard InChI is InChI=1S/C22H22Cl2N4O5/c1-29-16-6-12-15(26-10-27-21(12)28-11-3-4-13(23)14(24)5-11)7-17(16)33-19-9-31-20-18(30-2)8-32-22(19,20)25/h3-7,10,18-20H,8-9,25H2,1-2H3,(H,26,27,28)/t18-,19-,20+,22+/m0/s1. The minimum atomic E-state index is -1.12. The Balaban J connectivity index is 1.46. The third kappa shape index (κ3) is 3.95. The maximum atomic E-state index is 6.51. The normalized spacial score (nSPS) is 26.4. The predicted octanol–water partition coefficient (Wildman–Crippen LogP) is 3.54. The summed E-state index contributed by atoms with van der Waals surface area (Å²) in [4.78, 5) is 8.75. The van der Waals surface area contributed by atoms with Gasteiger partial charge < -0.3 is 29.0 Å². The van der Waals surface area contributed by atoms with Gasteiger partial charge in [0, 0.05) is 24.2 Å². The molecule has 0 amide bonds. The van der Waals surface area contributed by atoms with E-state index in [0.717, 1.165) is 11.1 Å². The first-order valence-electron chi connectivity index (χ1n) is 10.2. The van der Waals surface area contributed by atoms with Gasteiger partial charge in [0.05, 0.1) is 35.9 Å². The van der Waals surface area contributed by atoms with Crippen LogP contribution in [0.15, 0.2) is 36.7 Å². The summed E-state index contributed by atoms with van der Waals surface area (Å²) in [6.45, 7) is 0.597. The summed E-state index contributed by atoms with van der Waals surface area (Å²) in [5.74, 6) is 1.53. The van der Waals surface area contributed by atoms with E-state index < -0.39 is 17.9 Å². The number of methoxy groups -OCH3 is 2. The fraction of sp³-hybridized carbons (Fsp3) is 0.364. The van der Waals surface area contributed by atoms with Crippen LogP contribution >= 0.6 is 23.2 Å². The number of nitrogens with two attached hydrogens (primary N) is 1. The van der Waals surface area contributed by atoms with Crippen LogP contribution in [-0.4, -0.2) is 61.4 Å². The molecule has 4 atom stereocenters. The van der Waals surface area contributed by atoms with Crippen molar-refractivity contribution in [3.63, 3.8) is 0 Å². The van der Waals surface area contributed by atoms with Crippen molar-refractivity contribution in [2.45, 2.75) is 24.0 Å². The average Bonchev–Trinajstić information content (AvgIpc) is 3.30. The van der Waals surface area contributed by atoms with Gasteiger partial charge in [0.2, 0.25) is 0 Å². The van der Waals surface area contributed by atoms with Gasteiger partial charge in [0.25, 0.3) is 0 Å². The summed E-state index contributed by atoms with van der Waals surface area (Å²) >= 11 is 12.2. The van der Waals surface area contributed by atoms with Gasteiger partial charge in [-0.1, -0.05) is 23.2 Å². The Morgan fingerprint density at radius 2 is 1.94 bits per heavy atom. The first-order chi connectivity index (χ1) is 15.9. The van der Waals surface area contributed by atoms with Crippen LogP contribution in [0.25, 0.3) is 10.9 Å². The first kappa shape index (κ1) is 22.4. The van der Waals surface area contributed by atoms with E-state index in [4.69, 9.17) is 52.6 Å². The second-order valence-electron chi connectivity index (χ2n) is 7.80. The second kappa shape index (κ2) is 8.75. The van der Waals surface area contributed by atoms with Gasteiger partial charge >= 0.3 is 0 Å². The van der Waals surface area contributed by atoms with Crippen LogP contribution < -0.4 is 20.5 Å². The molecule has 2 aliphatic rings. The number of halogens is 2. The van der Waals surface area contributed by atoms with Crippen molar-refractivity contribution in [1.82, 2.24) is 9.97 Å². The molecule has 2 saturated heterocycles. The van der Waals surface area contributed by atoms with Gasteiger partial charge in [0.1, 0.15) is 24.4 Å². The molecule has 33 heavy (non-hydrogen) atoms. The average molecular weight is 493 g/mol. The predicted molar refractivity (Wildman–Crippen MR) is 124 cm³/mol. The fourth-order valence-corrected chi connectivity index (χ4v) is 4.42. The highest BCUT2D eigenvalue weighted by atomic mass is 35.5. The van der Waals surface area contributed by atoms with Crippen molar-refractivity contribution in [2.24, 2.45) is 5.73 Å². The lowest BCUT2D eigenvalue weighted by Gasteiger charge is -2.29. The monoisotopic (exact) mass is 492 g/mol. The Kier molecular flexibility index (Phi) is 5.94. The van der Waals surface area contributed by atoms with Crippen molar-refractivity contribution in [2.75, 3.05) is 32.8 Å². The number of anilines is 2. The fourth-order valence-electron chi connectivity index (χ4n) is 4.12. The number of nitrogens with one attached hydrogen (secondary N) is 1. The van der Waals surface area contributed by atoms with Crippen LogP contribution in [0.1, 0.15) is 0 Å². The van der Waals surface area contributed by atoms with Gasteiger partial charge in [-0.25, -0.2) is 9.97 Å². The number of nitrogens with zero attached hydrogens (tertiary/aromatic N) is 2. The molecule has 0 spiro atoms. The quantitative estimate of drug-likeness (QED) is 0.533. The molecule has 5 rings (SSSR count). The Hall–Kier alpha value is -2.40. The van der Waals surface area contributed by atoms with Crippen molar-refractivity contribution in [3.05, 3.63) is 46.7 Å². The number of hydrogen-bond donors (Lipinski definition) is 2. The number of aromatic nitrogens is 2. The Morgan fingerprint density at radius 1 is 1.09 bits per heavy atom. The summed E-state index contributed by atoms with van der Waals surface area (Å²) in [6, 6.07) is 8.81. The molecule has 174 valence electrons. The van der Waals surface area contributed by atoms with Crippen molar-refractivity contribution >= 4 is 45.6 Å². The largest absolute Gasteiger partial charge is 0.493 e. The van der Waals surface area contributed by atoms with E-state index in [1.54, 1.807) is 38.5 Å². The van der Waals surface area contributed by atoms with Gasteiger partial charge in [-0.3, -0.25) is 5.73 Å². The molecule has 2 aliphatic heterocycles. The van der Waals surface area contributed by atoms with Crippen LogP contribution in [0.2, 0.25) is 10.0 Å². The summed E-state index contributed by atoms with van der Waals surface area (Å²) < 4.78 is 28.9. The summed E-state index contributed by atoms with van der Waals surface area (Å²) in [6.07, 6.45) is 0.249. The molecule has 2 aromatic carbocycles. The Bertz CT molecular complexity index is 1200. The van der Waals surface area contributed by atoms with E-state index in [2.05, 4.69) is 15.3 Å². The minimum absolute atomic E-state index is 0.246. The van der Waals surface area contributed by atoms with Crippen molar-refractivity contribution in [1.29, 1.82) is 0 Å². The highest BCUT2D eigenvalue weighted by molar-refractivity contribution is 6.42. The smallest absolute Gasteiger partial charge is 0.185 e. The maximum Gasteiger partial charge on any atom is 0.185 e. The molecule has 3 aromatic rings.